The van der Waals surface area contributed by atoms with E-state index in [1.165, 1.54) is 16.6 Å². The standard InChI is InChI=1S/C11H16ClN3O2S/c1-2-15(7-8-3-4-8)18(16,17)9-5-10(12)11(13)14-6-9/h5-6,8H,2-4,7H2,1H3,(H2,13,14). The summed E-state index contributed by atoms with van der Waals surface area (Å²) in [6, 6.07) is 1.36. The molecule has 0 aliphatic heterocycles. The highest BCUT2D eigenvalue weighted by molar-refractivity contribution is 7.89. The van der Waals surface area contributed by atoms with Crippen molar-refractivity contribution in [2.24, 2.45) is 5.92 Å². The Morgan fingerprint density at radius 1 is 1.56 bits per heavy atom. The summed E-state index contributed by atoms with van der Waals surface area (Å²) in [4.78, 5) is 3.90. The molecule has 18 heavy (non-hydrogen) atoms. The summed E-state index contributed by atoms with van der Waals surface area (Å²) in [6.07, 6.45) is 3.46. The zero-order valence-corrected chi connectivity index (χ0v) is 11.7. The van der Waals surface area contributed by atoms with Crippen LogP contribution in [-0.2, 0) is 10.0 Å². The lowest BCUT2D eigenvalue weighted by Crippen LogP contribution is -2.32. The van der Waals surface area contributed by atoms with E-state index < -0.39 is 10.0 Å². The number of nitrogens with two attached hydrogens (primary N) is 1. The van der Waals surface area contributed by atoms with Gasteiger partial charge in [0.05, 0.1) is 5.02 Å². The van der Waals surface area contributed by atoms with Crippen LogP contribution in [0.4, 0.5) is 5.82 Å². The molecule has 0 spiro atoms. The molecule has 0 amide bonds. The van der Waals surface area contributed by atoms with Crippen LogP contribution in [0, 0.1) is 5.92 Å². The van der Waals surface area contributed by atoms with Crippen LogP contribution in [-0.4, -0.2) is 30.8 Å². The molecule has 1 aliphatic rings. The van der Waals surface area contributed by atoms with Crippen LogP contribution in [0.1, 0.15) is 19.8 Å². The van der Waals surface area contributed by atoms with Crippen LogP contribution in [0.5, 0.6) is 0 Å². The van der Waals surface area contributed by atoms with E-state index in [2.05, 4.69) is 4.98 Å². The molecule has 1 heterocycles. The fourth-order valence-electron chi connectivity index (χ4n) is 1.71. The Balaban J connectivity index is 2.29. The van der Waals surface area contributed by atoms with Crippen molar-refractivity contribution in [1.29, 1.82) is 0 Å². The minimum Gasteiger partial charge on any atom is -0.382 e. The maximum Gasteiger partial charge on any atom is 0.244 e. The number of anilines is 1. The van der Waals surface area contributed by atoms with Gasteiger partial charge in [0.1, 0.15) is 10.7 Å². The van der Waals surface area contributed by atoms with Gasteiger partial charge in [-0.05, 0) is 24.8 Å². The third-order valence-corrected chi connectivity index (χ3v) is 5.20. The summed E-state index contributed by atoms with van der Waals surface area (Å²) in [5, 5.41) is 0.165. The molecule has 0 bridgehead atoms. The van der Waals surface area contributed by atoms with Gasteiger partial charge in [-0.3, -0.25) is 0 Å². The summed E-state index contributed by atoms with van der Waals surface area (Å²) >= 11 is 5.82. The van der Waals surface area contributed by atoms with Crippen molar-refractivity contribution < 1.29 is 8.42 Å². The van der Waals surface area contributed by atoms with Crippen LogP contribution >= 0.6 is 11.6 Å². The maximum absolute atomic E-state index is 12.4. The van der Waals surface area contributed by atoms with Gasteiger partial charge in [0.15, 0.2) is 0 Å². The number of sulfonamides is 1. The molecule has 0 aromatic carbocycles. The van der Waals surface area contributed by atoms with Gasteiger partial charge in [-0.2, -0.15) is 4.31 Å². The van der Waals surface area contributed by atoms with E-state index in [-0.39, 0.29) is 15.7 Å². The highest BCUT2D eigenvalue weighted by Gasteiger charge is 2.31. The monoisotopic (exact) mass is 289 g/mol. The molecule has 1 aromatic heterocycles. The second-order valence-electron chi connectivity index (χ2n) is 4.44. The van der Waals surface area contributed by atoms with Gasteiger partial charge in [0, 0.05) is 19.3 Å². The summed E-state index contributed by atoms with van der Waals surface area (Å²) < 4.78 is 26.2. The Morgan fingerprint density at radius 2 is 2.22 bits per heavy atom. The summed E-state index contributed by atoms with van der Waals surface area (Å²) in [5.41, 5.74) is 5.48. The quantitative estimate of drug-likeness (QED) is 0.896. The van der Waals surface area contributed by atoms with Crippen molar-refractivity contribution in [3.63, 3.8) is 0 Å². The number of halogens is 1. The van der Waals surface area contributed by atoms with Crippen molar-refractivity contribution >= 4 is 27.4 Å². The van der Waals surface area contributed by atoms with Crippen molar-refractivity contribution in [3.8, 4) is 0 Å². The number of nitrogens with zero attached hydrogens (tertiary/aromatic N) is 2. The van der Waals surface area contributed by atoms with E-state index in [1.54, 1.807) is 0 Å². The molecule has 0 atom stereocenters. The lowest BCUT2D eigenvalue weighted by Gasteiger charge is -2.20. The van der Waals surface area contributed by atoms with Gasteiger partial charge in [-0.1, -0.05) is 18.5 Å². The first kappa shape index (κ1) is 13.6. The molecular weight excluding hydrogens is 274 g/mol. The number of hydrogen-bond acceptors (Lipinski definition) is 4. The van der Waals surface area contributed by atoms with Crippen LogP contribution in [0.15, 0.2) is 17.2 Å². The zero-order chi connectivity index (χ0) is 13.3. The van der Waals surface area contributed by atoms with E-state index >= 15 is 0 Å². The molecule has 100 valence electrons. The number of rotatable bonds is 5. The first-order chi connectivity index (χ1) is 8.45. The highest BCUT2D eigenvalue weighted by atomic mass is 35.5. The van der Waals surface area contributed by atoms with Gasteiger partial charge < -0.3 is 5.73 Å². The minimum absolute atomic E-state index is 0.101. The number of hydrogen-bond donors (Lipinski definition) is 1. The lowest BCUT2D eigenvalue weighted by atomic mass is 10.4. The summed E-state index contributed by atoms with van der Waals surface area (Å²) in [6.45, 7) is 2.84. The van der Waals surface area contributed by atoms with Gasteiger partial charge in [-0.25, -0.2) is 13.4 Å². The molecule has 0 radical (unpaired) electrons. The predicted octanol–water partition coefficient (Wildman–Crippen LogP) is 1.74. The van der Waals surface area contributed by atoms with Gasteiger partial charge in [0.25, 0.3) is 0 Å². The molecule has 1 fully saturated rings. The zero-order valence-electron chi connectivity index (χ0n) is 10.1. The van der Waals surface area contributed by atoms with Gasteiger partial charge >= 0.3 is 0 Å². The van der Waals surface area contributed by atoms with E-state index in [0.29, 0.717) is 19.0 Å². The Kier molecular flexibility index (Phi) is 3.79. The molecule has 0 unspecified atom stereocenters. The lowest BCUT2D eigenvalue weighted by molar-refractivity contribution is 0.412. The molecule has 5 nitrogen and oxygen atoms in total. The van der Waals surface area contributed by atoms with Gasteiger partial charge in [0.2, 0.25) is 10.0 Å². The first-order valence-electron chi connectivity index (χ1n) is 5.86. The van der Waals surface area contributed by atoms with Crippen molar-refractivity contribution in [2.75, 3.05) is 18.8 Å². The third kappa shape index (κ3) is 2.76. The average Bonchev–Trinajstić information content (AvgIpc) is 3.13. The minimum atomic E-state index is -3.51. The summed E-state index contributed by atoms with van der Waals surface area (Å²) in [7, 11) is -3.51. The summed E-state index contributed by atoms with van der Waals surface area (Å²) in [5.74, 6) is 0.637. The highest BCUT2D eigenvalue weighted by Crippen LogP contribution is 2.32. The topological polar surface area (TPSA) is 76.3 Å². The number of pyridine rings is 1. The Labute approximate surface area is 112 Å². The van der Waals surface area contributed by atoms with Crippen LogP contribution in [0.2, 0.25) is 5.02 Å². The number of aromatic nitrogens is 1. The Hall–Kier alpha value is -0.850. The van der Waals surface area contributed by atoms with Crippen LogP contribution < -0.4 is 5.73 Å². The van der Waals surface area contributed by atoms with Gasteiger partial charge in [-0.15, -0.1) is 0 Å². The fraction of sp³-hybridized carbons (Fsp3) is 0.545. The Bertz CT molecular complexity index is 543. The second-order valence-corrected chi connectivity index (χ2v) is 6.78. The predicted molar refractivity (Wildman–Crippen MR) is 70.8 cm³/mol. The first-order valence-corrected chi connectivity index (χ1v) is 7.68. The normalized spacial score (nSPS) is 16.2. The van der Waals surface area contributed by atoms with Crippen molar-refractivity contribution in [2.45, 2.75) is 24.7 Å². The average molecular weight is 290 g/mol. The van der Waals surface area contributed by atoms with E-state index in [0.717, 1.165) is 12.8 Å². The number of nitrogen functional groups attached to an aromatic ring is 1. The fourth-order valence-corrected chi connectivity index (χ4v) is 3.44. The van der Waals surface area contributed by atoms with Crippen LogP contribution in [0.25, 0.3) is 0 Å². The van der Waals surface area contributed by atoms with E-state index in [1.807, 2.05) is 6.92 Å². The molecule has 1 saturated carbocycles. The van der Waals surface area contributed by atoms with Crippen LogP contribution in [0.3, 0.4) is 0 Å². The Morgan fingerprint density at radius 3 is 2.72 bits per heavy atom. The largest absolute Gasteiger partial charge is 0.382 e. The third-order valence-electron chi connectivity index (χ3n) is 2.99. The SMILES string of the molecule is CCN(CC1CC1)S(=O)(=O)c1cnc(N)c(Cl)c1. The van der Waals surface area contributed by atoms with Crippen molar-refractivity contribution in [3.05, 3.63) is 17.3 Å². The molecule has 7 heteroatoms. The van der Waals surface area contributed by atoms with E-state index in [4.69, 9.17) is 17.3 Å². The molecule has 2 N–H and O–H groups in total. The molecule has 1 aliphatic carbocycles. The molecule has 0 saturated heterocycles. The second kappa shape index (κ2) is 5.03. The molecular formula is C11H16ClN3O2S. The molecule has 1 aromatic rings. The molecule has 2 rings (SSSR count). The smallest absolute Gasteiger partial charge is 0.244 e. The maximum atomic E-state index is 12.4. The van der Waals surface area contributed by atoms with E-state index in [9.17, 15) is 8.42 Å². The van der Waals surface area contributed by atoms with Crippen molar-refractivity contribution in [1.82, 2.24) is 9.29 Å².